The van der Waals surface area contributed by atoms with Crippen LogP contribution in [0.15, 0.2) is 49.1 Å². The van der Waals surface area contributed by atoms with Gasteiger partial charge in [-0.3, -0.25) is 4.79 Å². The Kier molecular flexibility index (Phi) is 4.03. The Morgan fingerprint density at radius 2 is 1.96 bits per heavy atom. The molecule has 2 fully saturated rings. The molecule has 2 aliphatic rings. The maximum absolute atomic E-state index is 13.3. The first-order chi connectivity index (χ1) is 13.7. The molecule has 3 aromatic rings. The van der Waals surface area contributed by atoms with Crippen LogP contribution in [0.5, 0.6) is 5.88 Å². The third-order valence-corrected chi connectivity index (χ3v) is 5.47. The summed E-state index contributed by atoms with van der Waals surface area (Å²) >= 11 is 0. The Labute approximate surface area is 162 Å². The third kappa shape index (κ3) is 2.90. The number of hydrogen-bond acceptors (Lipinski definition) is 6. The van der Waals surface area contributed by atoms with Gasteiger partial charge in [0.15, 0.2) is 5.69 Å². The van der Waals surface area contributed by atoms with Crippen LogP contribution in [0.1, 0.15) is 28.9 Å². The van der Waals surface area contributed by atoms with Gasteiger partial charge in [-0.05, 0) is 43.4 Å². The van der Waals surface area contributed by atoms with Crippen molar-refractivity contribution in [2.24, 2.45) is 5.92 Å². The Bertz CT molecular complexity index is 988. The number of fused-ring (bicyclic) bond motifs is 2. The van der Waals surface area contributed by atoms with Crippen LogP contribution in [0.4, 0.5) is 0 Å². The van der Waals surface area contributed by atoms with E-state index in [-0.39, 0.29) is 18.1 Å². The lowest BCUT2D eigenvalue weighted by Crippen LogP contribution is -2.47. The first kappa shape index (κ1) is 16.9. The van der Waals surface area contributed by atoms with Crippen LogP contribution in [0.25, 0.3) is 5.69 Å². The number of rotatable bonds is 4. The molecule has 5 rings (SSSR count). The summed E-state index contributed by atoms with van der Waals surface area (Å²) in [5.74, 6) is 0.944. The third-order valence-electron chi connectivity index (χ3n) is 5.47. The van der Waals surface area contributed by atoms with E-state index in [0.717, 1.165) is 24.9 Å². The fourth-order valence-corrected chi connectivity index (χ4v) is 4.20. The van der Waals surface area contributed by atoms with Gasteiger partial charge in [0.05, 0.1) is 18.4 Å². The van der Waals surface area contributed by atoms with Crippen molar-refractivity contribution in [2.45, 2.75) is 31.9 Å². The lowest BCUT2D eigenvalue weighted by Gasteiger charge is -2.33. The van der Waals surface area contributed by atoms with Gasteiger partial charge in [-0.1, -0.05) is 6.07 Å². The zero-order valence-corrected chi connectivity index (χ0v) is 15.5. The maximum atomic E-state index is 13.3. The van der Waals surface area contributed by atoms with Crippen LogP contribution in [0, 0.1) is 12.8 Å². The van der Waals surface area contributed by atoms with Gasteiger partial charge in [-0.25, -0.2) is 9.97 Å². The molecule has 1 aliphatic heterocycles. The zero-order valence-electron chi connectivity index (χ0n) is 15.5. The van der Waals surface area contributed by atoms with Crippen molar-refractivity contribution in [1.29, 1.82) is 0 Å². The zero-order chi connectivity index (χ0) is 19.1. The summed E-state index contributed by atoms with van der Waals surface area (Å²) in [4.78, 5) is 25.3. The van der Waals surface area contributed by atoms with E-state index in [1.165, 1.54) is 4.80 Å². The number of hydrogen-bond donors (Lipinski definition) is 0. The molecule has 8 heteroatoms. The van der Waals surface area contributed by atoms with Gasteiger partial charge in [-0.15, -0.1) is 4.80 Å². The number of piperidine rings is 1. The molecule has 3 atom stereocenters. The molecule has 1 aliphatic carbocycles. The Morgan fingerprint density at radius 1 is 1.11 bits per heavy atom. The normalized spacial score (nSPS) is 23.2. The van der Waals surface area contributed by atoms with Crippen molar-refractivity contribution in [3.8, 4) is 11.6 Å². The standard InChI is InChI=1S/C20H20N6O2/c1-13-4-5-18(22-11-13)28-17-10-14-9-16(17)25(12-14)20(27)19-15(3-2-6-21-19)26-23-7-8-24-26/h2-8,11,14,16-17H,9-10,12H2,1H3. The molecular weight excluding hydrogens is 356 g/mol. The number of likely N-dealkylation sites (tertiary alicyclic amines) is 1. The topological polar surface area (TPSA) is 86.0 Å². The largest absolute Gasteiger partial charge is 0.472 e. The van der Waals surface area contributed by atoms with Gasteiger partial charge in [0.1, 0.15) is 11.8 Å². The Hall–Kier alpha value is -3.29. The average Bonchev–Trinajstić information content (AvgIpc) is 3.46. The number of aromatic nitrogens is 5. The van der Waals surface area contributed by atoms with Crippen molar-refractivity contribution in [1.82, 2.24) is 29.9 Å². The van der Waals surface area contributed by atoms with E-state index < -0.39 is 0 Å². The summed E-state index contributed by atoms with van der Waals surface area (Å²) in [6.45, 7) is 2.72. The van der Waals surface area contributed by atoms with Crippen LogP contribution < -0.4 is 4.74 Å². The molecule has 3 unspecified atom stereocenters. The number of nitrogens with zero attached hydrogens (tertiary/aromatic N) is 6. The second kappa shape index (κ2) is 6.70. The highest BCUT2D eigenvalue weighted by Crippen LogP contribution is 2.40. The van der Waals surface area contributed by atoms with Crippen LogP contribution in [0.3, 0.4) is 0 Å². The molecule has 0 radical (unpaired) electrons. The van der Waals surface area contributed by atoms with Gasteiger partial charge in [0.25, 0.3) is 5.91 Å². The van der Waals surface area contributed by atoms with E-state index in [4.69, 9.17) is 4.74 Å². The molecule has 1 amide bonds. The molecule has 28 heavy (non-hydrogen) atoms. The second-order valence-electron chi connectivity index (χ2n) is 7.38. The summed E-state index contributed by atoms with van der Waals surface area (Å²) < 4.78 is 6.13. The number of pyridine rings is 2. The van der Waals surface area contributed by atoms with Crippen LogP contribution >= 0.6 is 0 Å². The minimum Gasteiger partial charge on any atom is -0.472 e. The molecule has 1 saturated carbocycles. The smallest absolute Gasteiger partial charge is 0.275 e. The highest BCUT2D eigenvalue weighted by molar-refractivity contribution is 5.96. The van der Waals surface area contributed by atoms with Crippen LogP contribution in [-0.4, -0.2) is 54.5 Å². The van der Waals surface area contributed by atoms with E-state index in [1.807, 2.05) is 24.0 Å². The molecule has 0 spiro atoms. The summed E-state index contributed by atoms with van der Waals surface area (Å²) in [6, 6.07) is 7.48. The number of carbonyl (C=O) groups excluding carboxylic acids is 1. The Balaban J connectivity index is 1.39. The fraction of sp³-hybridized carbons (Fsp3) is 0.350. The van der Waals surface area contributed by atoms with Crippen molar-refractivity contribution in [3.05, 3.63) is 60.3 Å². The van der Waals surface area contributed by atoms with Crippen LogP contribution in [-0.2, 0) is 0 Å². The van der Waals surface area contributed by atoms with E-state index in [9.17, 15) is 4.79 Å². The second-order valence-corrected chi connectivity index (χ2v) is 7.38. The molecule has 8 nitrogen and oxygen atoms in total. The summed E-state index contributed by atoms with van der Waals surface area (Å²) in [6.07, 6.45) is 8.42. The van der Waals surface area contributed by atoms with Gasteiger partial charge in [0, 0.05) is 25.0 Å². The van der Waals surface area contributed by atoms with E-state index >= 15 is 0 Å². The molecule has 0 aromatic carbocycles. The highest BCUT2D eigenvalue weighted by atomic mass is 16.5. The molecule has 142 valence electrons. The van der Waals surface area contributed by atoms with Crippen LogP contribution in [0.2, 0.25) is 0 Å². The minimum atomic E-state index is -0.106. The predicted octanol–water partition coefficient (Wildman–Crippen LogP) is 2.05. The summed E-state index contributed by atoms with van der Waals surface area (Å²) in [5.41, 5.74) is 2.03. The number of carbonyl (C=O) groups is 1. The lowest BCUT2D eigenvalue weighted by molar-refractivity contribution is 0.0461. The minimum absolute atomic E-state index is 0.0287. The molecule has 4 heterocycles. The first-order valence-corrected chi connectivity index (χ1v) is 9.41. The monoisotopic (exact) mass is 376 g/mol. The molecule has 1 saturated heterocycles. The molecule has 3 aromatic heterocycles. The lowest BCUT2D eigenvalue weighted by atomic mass is 10.1. The maximum Gasteiger partial charge on any atom is 0.275 e. The summed E-state index contributed by atoms with van der Waals surface area (Å²) in [7, 11) is 0. The van der Waals surface area contributed by atoms with Gasteiger partial charge in [0.2, 0.25) is 5.88 Å². The SMILES string of the molecule is Cc1ccc(OC2CC3CC2N(C(=O)c2ncccc2-n2nccn2)C3)nc1. The number of amides is 1. The molecular formula is C20H20N6O2. The van der Waals surface area contributed by atoms with Gasteiger partial charge < -0.3 is 9.64 Å². The van der Waals surface area contributed by atoms with Gasteiger partial charge >= 0.3 is 0 Å². The first-order valence-electron chi connectivity index (χ1n) is 9.41. The quantitative estimate of drug-likeness (QED) is 0.693. The average molecular weight is 376 g/mol. The molecule has 2 bridgehead atoms. The van der Waals surface area contributed by atoms with Crippen molar-refractivity contribution >= 4 is 5.91 Å². The Morgan fingerprint density at radius 3 is 2.71 bits per heavy atom. The fourth-order valence-electron chi connectivity index (χ4n) is 4.20. The molecule has 0 N–H and O–H groups in total. The summed E-state index contributed by atoms with van der Waals surface area (Å²) in [5, 5.41) is 8.29. The number of ether oxygens (including phenoxy) is 1. The van der Waals surface area contributed by atoms with Crippen molar-refractivity contribution < 1.29 is 9.53 Å². The van der Waals surface area contributed by atoms with Gasteiger partial charge in [-0.2, -0.15) is 10.2 Å². The highest BCUT2D eigenvalue weighted by Gasteiger charge is 2.49. The van der Waals surface area contributed by atoms with Crippen molar-refractivity contribution in [3.63, 3.8) is 0 Å². The van der Waals surface area contributed by atoms with E-state index in [1.54, 1.807) is 36.9 Å². The van der Waals surface area contributed by atoms with E-state index in [2.05, 4.69) is 20.2 Å². The van der Waals surface area contributed by atoms with Crippen molar-refractivity contribution in [2.75, 3.05) is 6.54 Å². The van der Waals surface area contributed by atoms with E-state index in [0.29, 0.717) is 23.2 Å². The predicted molar refractivity (Wildman–Crippen MR) is 100 cm³/mol. The number of aryl methyl sites for hydroxylation is 1.